The maximum Gasteiger partial charge on any atom is -0.00458 e. The molecular formula is C10H16. The first kappa shape index (κ1) is 7.59. The molecule has 10 heavy (non-hydrogen) atoms. The van der Waals surface area contributed by atoms with E-state index >= 15 is 0 Å². The van der Waals surface area contributed by atoms with E-state index < -0.39 is 0 Å². The van der Waals surface area contributed by atoms with Crippen molar-refractivity contribution in [3.63, 3.8) is 0 Å². The van der Waals surface area contributed by atoms with E-state index in [1.807, 2.05) is 0 Å². The van der Waals surface area contributed by atoms with Crippen molar-refractivity contribution < 1.29 is 0 Å². The Morgan fingerprint density at radius 2 is 2.40 bits per heavy atom. The minimum absolute atomic E-state index is 0.708. The van der Waals surface area contributed by atoms with Gasteiger partial charge in [-0.3, -0.25) is 0 Å². The molecule has 0 aromatic carbocycles. The van der Waals surface area contributed by atoms with E-state index in [4.69, 9.17) is 0 Å². The van der Waals surface area contributed by atoms with Gasteiger partial charge >= 0.3 is 0 Å². The van der Waals surface area contributed by atoms with E-state index in [-0.39, 0.29) is 0 Å². The Hall–Kier alpha value is -0.520. The molecule has 0 radical (unpaired) electrons. The Morgan fingerprint density at radius 1 is 1.70 bits per heavy atom. The first-order valence-corrected chi connectivity index (χ1v) is 4.10. The van der Waals surface area contributed by atoms with Crippen molar-refractivity contribution in [2.24, 2.45) is 5.92 Å². The Labute approximate surface area is 63.6 Å². The summed E-state index contributed by atoms with van der Waals surface area (Å²) in [5.74, 6) is 0.708. The Bertz CT molecular complexity index is 172. The van der Waals surface area contributed by atoms with Gasteiger partial charge < -0.3 is 0 Å². The van der Waals surface area contributed by atoms with Gasteiger partial charge in [0.15, 0.2) is 0 Å². The van der Waals surface area contributed by atoms with Crippen LogP contribution in [0.2, 0.25) is 0 Å². The molecule has 0 aromatic heterocycles. The van der Waals surface area contributed by atoms with Gasteiger partial charge in [-0.2, -0.15) is 0 Å². The van der Waals surface area contributed by atoms with Crippen LogP contribution in [-0.2, 0) is 0 Å². The summed E-state index contributed by atoms with van der Waals surface area (Å²) in [6.07, 6.45) is 7.12. The molecule has 0 aliphatic heterocycles. The highest BCUT2D eigenvalue weighted by molar-refractivity contribution is 5.27. The van der Waals surface area contributed by atoms with Crippen molar-refractivity contribution in [2.75, 3.05) is 0 Å². The first-order chi connectivity index (χ1) is 4.74. The fourth-order valence-electron chi connectivity index (χ4n) is 1.60. The standard InChI is InChI=1S/C10H16/c1-4-5-10-7-8(2)6-9(10)3/h5-6,9H,4,7H2,1-3H3/b10-5+. The largest absolute Gasteiger partial charge is 0.0847 e. The number of hydrogen-bond acceptors (Lipinski definition) is 0. The molecule has 0 spiro atoms. The van der Waals surface area contributed by atoms with Crippen molar-refractivity contribution in [2.45, 2.75) is 33.6 Å². The first-order valence-electron chi connectivity index (χ1n) is 4.10. The summed E-state index contributed by atoms with van der Waals surface area (Å²) < 4.78 is 0. The van der Waals surface area contributed by atoms with Gasteiger partial charge in [-0.1, -0.05) is 37.1 Å². The van der Waals surface area contributed by atoms with Crippen molar-refractivity contribution >= 4 is 0 Å². The SMILES string of the molecule is CC/C=C1\CC(C)=CC1C. The van der Waals surface area contributed by atoms with E-state index in [2.05, 4.69) is 32.9 Å². The third-order valence-corrected chi connectivity index (χ3v) is 2.07. The fraction of sp³-hybridized carbons (Fsp3) is 0.600. The molecule has 0 amide bonds. The zero-order valence-electron chi connectivity index (χ0n) is 7.15. The van der Waals surface area contributed by atoms with Gasteiger partial charge in [0.25, 0.3) is 0 Å². The molecule has 0 saturated carbocycles. The summed E-state index contributed by atoms with van der Waals surface area (Å²) in [4.78, 5) is 0. The van der Waals surface area contributed by atoms with Crippen LogP contribution >= 0.6 is 0 Å². The molecule has 0 heteroatoms. The summed E-state index contributed by atoms with van der Waals surface area (Å²) in [5.41, 5.74) is 3.15. The van der Waals surface area contributed by atoms with E-state index in [0.29, 0.717) is 5.92 Å². The van der Waals surface area contributed by atoms with Gasteiger partial charge in [-0.15, -0.1) is 0 Å². The fourth-order valence-corrected chi connectivity index (χ4v) is 1.60. The van der Waals surface area contributed by atoms with Gasteiger partial charge in [-0.05, 0) is 25.7 Å². The zero-order valence-corrected chi connectivity index (χ0v) is 7.15. The van der Waals surface area contributed by atoms with Crippen LogP contribution in [0.4, 0.5) is 0 Å². The van der Waals surface area contributed by atoms with Crippen LogP contribution in [0.3, 0.4) is 0 Å². The molecule has 0 nitrogen and oxygen atoms in total. The molecular weight excluding hydrogens is 120 g/mol. The van der Waals surface area contributed by atoms with Crippen LogP contribution in [0.25, 0.3) is 0 Å². The van der Waals surface area contributed by atoms with Crippen LogP contribution in [-0.4, -0.2) is 0 Å². The average molecular weight is 136 g/mol. The predicted molar refractivity (Wildman–Crippen MR) is 45.9 cm³/mol. The highest BCUT2D eigenvalue weighted by Gasteiger charge is 2.12. The van der Waals surface area contributed by atoms with Crippen LogP contribution in [0.5, 0.6) is 0 Å². The second kappa shape index (κ2) is 3.05. The average Bonchev–Trinajstić information content (AvgIpc) is 2.13. The minimum Gasteiger partial charge on any atom is -0.0847 e. The summed E-state index contributed by atoms with van der Waals surface area (Å²) in [7, 11) is 0. The summed E-state index contributed by atoms with van der Waals surface area (Å²) in [5, 5.41) is 0. The lowest BCUT2D eigenvalue weighted by atomic mass is 10.0. The van der Waals surface area contributed by atoms with Crippen LogP contribution in [0.1, 0.15) is 33.6 Å². The predicted octanol–water partition coefficient (Wildman–Crippen LogP) is 3.31. The molecule has 0 saturated heterocycles. The molecule has 0 bridgehead atoms. The molecule has 0 N–H and O–H groups in total. The van der Waals surface area contributed by atoms with Crippen LogP contribution < -0.4 is 0 Å². The Balaban J connectivity index is 2.63. The van der Waals surface area contributed by atoms with Gasteiger partial charge in [-0.25, -0.2) is 0 Å². The molecule has 0 aromatic rings. The van der Waals surface area contributed by atoms with Gasteiger partial charge in [0.05, 0.1) is 0 Å². The van der Waals surface area contributed by atoms with Crippen LogP contribution in [0.15, 0.2) is 23.3 Å². The van der Waals surface area contributed by atoms with Gasteiger partial charge in [0, 0.05) is 0 Å². The molecule has 0 heterocycles. The molecule has 1 rings (SSSR count). The summed E-state index contributed by atoms with van der Waals surface area (Å²) >= 11 is 0. The van der Waals surface area contributed by atoms with Crippen molar-refractivity contribution in [3.8, 4) is 0 Å². The smallest absolute Gasteiger partial charge is 0.00458 e. The molecule has 1 atom stereocenters. The van der Waals surface area contributed by atoms with E-state index in [9.17, 15) is 0 Å². The second-order valence-corrected chi connectivity index (χ2v) is 3.17. The van der Waals surface area contributed by atoms with Crippen LogP contribution in [0, 0.1) is 5.92 Å². The monoisotopic (exact) mass is 136 g/mol. The number of allylic oxidation sites excluding steroid dienone is 4. The summed E-state index contributed by atoms with van der Waals surface area (Å²) in [6.45, 7) is 6.69. The lowest BCUT2D eigenvalue weighted by Crippen LogP contribution is -1.87. The van der Waals surface area contributed by atoms with Crippen molar-refractivity contribution in [1.29, 1.82) is 0 Å². The maximum absolute atomic E-state index is 2.36. The molecule has 0 fully saturated rings. The molecule has 1 unspecified atom stereocenters. The molecule has 1 aliphatic rings. The minimum atomic E-state index is 0.708. The van der Waals surface area contributed by atoms with E-state index in [1.165, 1.54) is 18.4 Å². The normalized spacial score (nSPS) is 29.3. The van der Waals surface area contributed by atoms with Crippen molar-refractivity contribution in [3.05, 3.63) is 23.3 Å². The zero-order chi connectivity index (χ0) is 7.56. The van der Waals surface area contributed by atoms with E-state index in [0.717, 1.165) is 0 Å². The number of hydrogen-bond donors (Lipinski definition) is 0. The highest BCUT2D eigenvalue weighted by Crippen LogP contribution is 2.29. The van der Waals surface area contributed by atoms with Gasteiger partial charge in [0.2, 0.25) is 0 Å². The number of rotatable bonds is 1. The third kappa shape index (κ3) is 1.50. The molecule has 56 valence electrons. The Kier molecular flexibility index (Phi) is 2.31. The summed E-state index contributed by atoms with van der Waals surface area (Å²) in [6, 6.07) is 0. The van der Waals surface area contributed by atoms with Gasteiger partial charge in [0.1, 0.15) is 0 Å². The second-order valence-electron chi connectivity index (χ2n) is 3.17. The third-order valence-electron chi connectivity index (χ3n) is 2.07. The van der Waals surface area contributed by atoms with Crippen molar-refractivity contribution in [1.82, 2.24) is 0 Å². The highest BCUT2D eigenvalue weighted by atomic mass is 14.2. The maximum atomic E-state index is 2.36. The quantitative estimate of drug-likeness (QED) is 0.485. The van der Waals surface area contributed by atoms with E-state index in [1.54, 1.807) is 5.57 Å². The lowest BCUT2D eigenvalue weighted by molar-refractivity contribution is 0.865. The molecule has 1 aliphatic carbocycles. The topological polar surface area (TPSA) is 0 Å². The Morgan fingerprint density at radius 3 is 2.80 bits per heavy atom. The lowest BCUT2D eigenvalue weighted by Gasteiger charge is -2.01.